The van der Waals surface area contributed by atoms with Gasteiger partial charge in [-0.15, -0.1) is 11.3 Å². The minimum atomic E-state index is -0.953. The molecule has 2 nitrogen and oxygen atoms in total. The molecule has 0 fully saturated rings. The van der Waals surface area contributed by atoms with Crippen LogP contribution in [-0.4, -0.2) is 4.57 Å². The zero-order chi connectivity index (χ0) is 34.6. The van der Waals surface area contributed by atoms with E-state index in [4.69, 9.17) is 5.73 Å². The topological polar surface area (TPSA) is 30.9 Å². The third kappa shape index (κ3) is 4.82. The fourth-order valence-corrected chi connectivity index (χ4v) is 9.47. The predicted octanol–water partition coefficient (Wildman–Crippen LogP) is 12.8. The highest BCUT2D eigenvalue weighted by Gasteiger charge is 2.38. The summed E-state index contributed by atoms with van der Waals surface area (Å²) in [7, 11) is 0. The van der Waals surface area contributed by atoms with Gasteiger partial charge in [-0.1, -0.05) is 170 Å². The van der Waals surface area contributed by atoms with E-state index in [9.17, 15) is 0 Å². The maximum absolute atomic E-state index is 7.86. The summed E-state index contributed by atoms with van der Waals surface area (Å²) in [5, 5.41) is 3.70. The molecule has 10 rings (SSSR count). The van der Waals surface area contributed by atoms with E-state index in [0.29, 0.717) is 0 Å². The van der Waals surface area contributed by atoms with Crippen molar-refractivity contribution >= 4 is 54.4 Å². The quantitative estimate of drug-likeness (QED) is 0.186. The third-order valence-corrected chi connectivity index (χ3v) is 11.7. The highest BCUT2D eigenvalue weighted by atomic mass is 32.1. The van der Waals surface area contributed by atoms with E-state index in [1.54, 1.807) is 0 Å². The largest absolute Gasteiger partial charge is 0.314 e. The van der Waals surface area contributed by atoms with Gasteiger partial charge >= 0.3 is 0 Å². The molecule has 0 bridgehead atoms. The van der Waals surface area contributed by atoms with Gasteiger partial charge < -0.3 is 10.3 Å². The lowest BCUT2D eigenvalue weighted by molar-refractivity contribution is 0.545. The Kier molecular flexibility index (Phi) is 7.17. The van der Waals surface area contributed by atoms with Crippen molar-refractivity contribution in [2.45, 2.75) is 5.66 Å². The molecular formula is C49H34N2S. The van der Waals surface area contributed by atoms with Crippen LogP contribution < -0.4 is 5.73 Å². The molecule has 3 heteroatoms. The first-order valence-electron chi connectivity index (χ1n) is 17.7. The minimum absolute atomic E-state index is 0.953. The molecule has 9 aromatic rings. The van der Waals surface area contributed by atoms with Crippen LogP contribution in [0.3, 0.4) is 0 Å². The van der Waals surface area contributed by atoms with E-state index < -0.39 is 5.66 Å². The summed E-state index contributed by atoms with van der Waals surface area (Å²) in [6.45, 7) is 0. The van der Waals surface area contributed by atoms with Crippen LogP contribution in [0.2, 0.25) is 0 Å². The number of hydrogen-bond donors (Lipinski definition) is 1. The van der Waals surface area contributed by atoms with Crippen LogP contribution in [0.25, 0.3) is 75.7 Å². The van der Waals surface area contributed by atoms with E-state index in [1.165, 1.54) is 53.6 Å². The SMILES string of the molecule is N[C@@]1(n2c3ccccc3c3c4sc(-c5ccccc5)c(-c5ccccc5)c4ccc32)C=C(c2ccc(-c3ccccc3)cc2)C=C1c1ccccc1. The lowest BCUT2D eigenvalue weighted by Crippen LogP contribution is -2.41. The van der Waals surface area contributed by atoms with Crippen molar-refractivity contribution in [2.75, 3.05) is 0 Å². The molecule has 1 atom stereocenters. The number of thiophene rings is 1. The number of rotatable bonds is 6. The molecule has 0 aliphatic heterocycles. The van der Waals surface area contributed by atoms with Crippen LogP contribution >= 0.6 is 11.3 Å². The molecule has 52 heavy (non-hydrogen) atoms. The molecule has 0 spiro atoms. The van der Waals surface area contributed by atoms with Crippen molar-refractivity contribution in [2.24, 2.45) is 5.73 Å². The van der Waals surface area contributed by atoms with E-state index in [-0.39, 0.29) is 0 Å². The van der Waals surface area contributed by atoms with E-state index >= 15 is 0 Å². The summed E-state index contributed by atoms with van der Waals surface area (Å²) in [6, 6.07) is 65.0. The molecule has 2 N–H and O–H groups in total. The maximum Gasteiger partial charge on any atom is 0.140 e. The normalized spacial score (nSPS) is 15.7. The Morgan fingerprint density at radius 1 is 0.442 bits per heavy atom. The lowest BCUT2D eigenvalue weighted by Gasteiger charge is -2.31. The summed E-state index contributed by atoms with van der Waals surface area (Å²) in [4.78, 5) is 1.28. The van der Waals surface area contributed by atoms with Gasteiger partial charge in [0.15, 0.2) is 0 Å². The van der Waals surface area contributed by atoms with Gasteiger partial charge in [-0.05, 0) is 63.2 Å². The molecule has 2 aromatic heterocycles. The second-order valence-corrected chi connectivity index (χ2v) is 14.5. The summed E-state index contributed by atoms with van der Waals surface area (Å²) < 4.78 is 3.66. The third-order valence-electron chi connectivity index (χ3n) is 10.5. The molecule has 246 valence electrons. The number of allylic oxidation sites excluding steroid dienone is 2. The first kappa shape index (κ1) is 30.6. The van der Waals surface area contributed by atoms with Crippen LogP contribution in [0.15, 0.2) is 194 Å². The van der Waals surface area contributed by atoms with Gasteiger partial charge in [-0.2, -0.15) is 0 Å². The average molecular weight is 683 g/mol. The summed E-state index contributed by atoms with van der Waals surface area (Å²) in [5.74, 6) is 0. The lowest BCUT2D eigenvalue weighted by atomic mass is 9.95. The van der Waals surface area contributed by atoms with Crippen LogP contribution in [0.5, 0.6) is 0 Å². The first-order chi connectivity index (χ1) is 25.7. The molecular weight excluding hydrogens is 649 g/mol. The molecule has 0 saturated carbocycles. The Bertz CT molecular complexity index is 2810. The fraction of sp³-hybridized carbons (Fsp3) is 0.0204. The molecule has 7 aromatic carbocycles. The smallest absolute Gasteiger partial charge is 0.140 e. The molecule has 2 heterocycles. The van der Waals surface area contributed by atoms with E-state index in [2.05, 4.69) is 199 Å². The van der Waals surface area contributed by atoms with Gasteiger partial charge in [-0.25, -0.2) is 0 Å². The molecule has 0 saturated heterocycles. The predicted molar refractivity (Wildman–Crippen MR) is 222 cm³/mol. The molecule has 1 aliphatic rings. The van der Waals surface area contributed by atoms with Crippen LogP contribution in [0.4, 0.5) is 0 Å². The molecule has 0 amide bonds. The Morgan fingerprint density at radius 2 is 0.981 bits per heavy atom. The number of nitrogens with two attached hydrogens (primary N) is 1. The Labute approximate surface area is 307 Å². The highest BCUT2D eigenvalue weighted by Crippen LogP contribution is 2.51. The fourth-order valence-electron chi connectivity index (χ4n) is 8.09. The van der Waals surface area contributed by atoms with Crippen molar-refractivity contribution in [3.05, 3.63) is 205 Å². The van der Waals surface area contributed by atoms with Crippen molar-refractivity contribution in [1.82, 2.24) is 4.57 Å². The Morgan fingerprint density at radius 3 is 1.65 bits per heavy atom. The van der Waals surface area contributed by atoms with Crippen molar-refractivity contribution in [3.8, 4) is 32.7 Å². The zero-order valence-corrected chi connectivity index (χ0v) is 29.2. The number of para-hydroxylation sites is 1. The molecule has 0 unspecified atom stereocenters. The average Bonchev–Trinajstić information content (AvgIpc) is 3.89. The van der Waals surface area contributed by atoms with Crippen LogP contribution in [0.1, 0.15) is 11.1 Å². The summed E-state index contributed by atoms with van der Waals surface area (Å²) in [6.07, 6.45) is 4.56. The van der Waals surface area contributed by atoms with Gasteiger partial charge in [0, 0.05) is 36.9 Å². The Balaban J connectivity index is 1.23. The van der Waals surface area contributed by atoms with E-state index in [0.717, 1.165) is 33.3 Å². The maximum atomic E-state index is 7.86. The highest BCUT2D eigenvalue weighted by molar-refractivity contribution is 7.24. The molecule has 1 aliphatic carbocycles. The standard InChI is InChI=1S/C49H34N2S/c50-49(32-39(31-42(49)36-17-7-2-8-18-36)35-27-25-34(26-28-35)33-15-5-1-6-16-33)51-43-24-14-13-23-40(43)46-44(51)30-29-41-45(37-19-9-3-10-20-37)47(52-48(41)46)38-21-11-4-12-22-38/h1-32H,50H2/t49-/m1/s1. The number of fused-ring (bicyclic) bond motifs is 5. The van der Waals surface area contributed by atoms with Gasteiger partial charge in [0.25, 0.3) is 0 Å². The number of nitrogens with zero attached hydrogens (tertiary/aromatic N) is 1. The second kappa shape index (κ2) is 12.2. The zero-order valence-electron chi connectivity index (χ0n) is 28.4. The minimum Gasteiger partial charge on any atom is -0.314 e. The molecule has 0 radical (unpaired) electrons. The monoisotopic (exact) mass is 682 g/mol. The van der Waals surface area contributed by atoms with Gasteiger partial charge in [0.05, 0.1) is 11.0 Å². The van der Waals surface area contributed by atoms with Gasteiger partial charge in [0.2, 0.25) is 0 Å². The summed E-state index contributed by atoms with van der Waals surface area (Å²) in [5.41, 5.74) is 19.7. The Hall–Kier alpha value is -6.26. The van der Waals surface area contributed by atoms with Crippen molar-refractivity contribution in [3.63, 3.8) is 0 Å². The summed E-state index contributed by atoms with van der Waals surface area (Å²) >= 11 is 1.88. The van der Waals surface area contributed by atoms with Crippen molar-refractivity contribution in [1.29, 1.82) is 0 Å². The van der Waals surface area contributed by atoms with Crippen LogP contribution in [-0.2, 0) is 5.66 Å². The van der Waals surface area contributed by atoms with Gasteiger partial charge in [-0.3, -0.25) is 0 Å². The van der Waals surface area contributed by atoms with Crippen molar-refractivity contribution < 1.29 is 0 Å². The van der Waals surface area contributed by atoms with Gasteiger partial charge in [0.1, 0.15) is 5.66 Å². The number of hydrogen-bond acceptors (Lipinski definition) is 2. The van der Waals surface area contributed by atoms with Crippen LogP contribution in [0, 0.1) is 0 Å². The first-order valence-corrected chi connectivity index (χ1v) is 18.5. The van der Waals surface area contributed by atoms with E-state index in [1.807, 2.05) is 11.3 Å². The number of aromatic nitrogens is 1. The second-order valence-electron chi connectivity index (χ2n) is 13.5. The number of benzene rings is 7.